The molecule has 0 heterocycles. The SMILES string of the molecule is C=CCOC/C=C/C1CCC1=O. The summed E-state index contributed by atoms with van der Waals surface area (Å²) in [5.74, 6) is 0.535. The van der Waals surface area contributed by atoms with Crippen LogP contribution in [-0.4, -0.2) is 19.0 Å². The predicted octanol–water partition coefficient (Wildman–Crippen LogP) is 1.72. The summed E-state index contributed by atoms with van der Waals surface area (Å²) in [5.41, 5.74) is 0. The summed E-state index contributed by atoms with van der Waals surface area (Å²) in [4.78, 5) is 10.8. The van der Waals surface area contributed by atoms with Crippen molar-refractivity contribution >= 4 is 5.78 Å². The molecule has 2 heteroatoms. The largest absolute Gasteiger partial charge is 0.373 e. The molecule has 1 saturated carbocycles. The van der Waals surface area contributed by atoms with E-state index in [0.29, 0.717) is 19.0 Å². The number of allylic oxidation sites excluding steroid dienone is 1. The standard InChI is InChI=1S/C10H14O2/c1-2-7-12-8-3-4-9-5-6-10(9)11/h2-4,9H,1,5-8H2/b4-3+. The number of rotatable bonds is 5. The summed E-state index contributed by atoms with van der Waals surface area (Å²) in [6.45, 7) is 4.68. The molecule has 0 bridgehead atoms. The molecule has 1 atom stereocenters. The van der Waals surface area contributed by atoms with Crippen molar-refractivity contribution in [2.24, 2.45) is 5.92 Å². The Morgan fingerprint density at radius 3 is 2.92 bits per heavy atom. The Morgan fingerprint density at radius 2 is 2.42 bits per heavy atom. The highest BCUT2D eigenvalue weighted by molar-refractivity contribution is 5.87. The molecule has 12 heavy (non-hydrogen) atoms. The molecule has 0 amide bonds. The van der Waals surface area contributed by atoms with E-state index in [-0.39, 0.29) is 5.92 Å². The minimum Gasteiger partial charge on any atom is -0.373 e. The van der Waals surface area contributed by atoms with Gasteiger partial charge in [0.1, 0.15) is 5.78 Å². The Morgan fingerprint density at radius 1 is 1.58 bits per heavy atom. The zero-order valence-electron chi connectivity index (χ0n) is 7.16. The molecule has 0 aromatic carbocycles. The molecular weight excluding hydrogens is 152 g/mol. The first kappa shape index (κ1) is 9.20. The number of hydrogen-bond acceptors (Lipinski definition) is 2. The van der Waals surface area contributed by atoms with Gasteiger partial charge in [-0.3, -0.25) is 4.79 Å². The second kappa shape index (κ2) is 4.88. The minimum atomic E-state index is 0.178. The summed E-state index contributed by atoms with van der Waals surface area (Å²) in [7, 11) is 0. The average Bonchev–Trinajstić information content (AvgIpc) is 2.08. The zero-order chi connectivity index (χ0) is 8.81. The van der Waals surface area contributed by atoms with Gasteiger partial charge in [-0.1, -0.05) is 18.2 Å². The number of ether oxygens (including phenoxy) is 1. The molecule has 0 aliphatic heterocycles. The lowest BCUT2D eigenvalue weighted by Crippen LogP contribution is -2.23. The number of carbonyl (C=O) groups excluding carboxylic acids is 1. The van der Waals surface area contributed by atoms with E-state index in [1.807, 2.05) is 12.2 Å². The van der Waals surface area contributed by atoms with Gasteiger partial charge in [0.05, 0.1) is 13.2 Å². The highest BCUT2D eigenvalue weighted by atomic mass is 16.5. The van der Waals surface area contributed by atoms with Crippen LogP contribution in [0.3, 0.4) is 0 Å². The van der Waals surface area contributed by atoms with Crippen LogP contribution >= 0.6 is 0 Å². The van der Waals surface area contributed by atoms with Gasteiger partial charge in [0.25, 0.3) is 0 Å². The predicted molar refractivity (Wildman–Crippen MR) is 47.9 cm³/mol. The first-order valence-corrected chi connectivity index (χ1v) is 4.22. The normalized spacial score (nSPS) is 22.7. The number of ketones is 1. The maximum Gasteiger partial charge on any atom is 0.139 e. The van der Waals surface area contributed by atoms with E-state index in [0.717, 1.165) is 12.8 Å². The van der Waals surface area contributed by atoms with Crippen LogP contribution in [0.1, 0.15) is 12.8 Å². The smallest absolute Gasteiger partial charge is 0.139 e. The van der Waals surface area contributed by atoms with Crippen molar-refractivity contribution in [3.05, 3.63) is 24.8 Å². The van der Waals surface area contributed by atoms with E-state index < -0.39 is 0 Å². The molecule has 1 unspecified atom stereocenters. The van der Waals surface area contributed by atoms with Crippen LogP contribution in [-0.2, 0) is 9.53 Å². The highest BCUT2D eigenvalue weighted by Gasteiger charge is 2.24. The van der Waals surface area contributed by atoms with Crippen LogP contribution in [0.4, 0.5) is 0 Å². The Labute approximate surface area is 72.9 Å². The van der Waals surface area contributed by atoms with Crippen LogP contribution in [0.15, 0.2) is 24.8 Å². The average molecular weight is 166 g/mol. The molecule has 0 saturated heterocycles. The zero-order valence-corrected chi connectivity index (χ0v) is 7.16. The van der Waals surface area contributed by atoms with Gasteiger partial charge in [-0.2, -0.15) is 0 Å². The Hall–Kier alpha value is -0.890. The summed E-state index contributed by atoms with van der Waals surface area (Å²) < 4.78 is 5.12. The lowest BCUT2D eigenvalue weighted by Gasteiger charge is -2.19. The van der Waals surface area contributed by atoms with Crippen LogP contribution in [0.2, 0.25) is 0 Å². The first-order chi connectivity index (χ1) is 5.84. The lowest BCUT2D eigenvalue weighted by atomic mass is 9.84. The third kappa shape index (κ3) is 2.62. The van der Waals surface area contributed by atoms with Crippen LogP contribution in [0, 0.1) is 5.92 Å². The first-order valence-electron chi connectivity index (χ1n) is 4.22. The van der Waals surface area contributed by atoms with Crippen molar-refractivity contribution < 1.29 is 9.53 Å². The number of hydrogen-bond donors (Lipinski definition) is 0. The Balaban J connectivity index is 2.05. The molecule has 66 valence electrons. The summed E-state index contributed by atoms with van der Waals surface area (Å²) in [6, 6.07) is 0. The van der Waals surface area contributed by atoms with Gasteiger partial charge in [-0.05, 0) is 6.42 Å². The maximum atomic E-state index is 10.8. The van der Waals surface area contributed by atoms with Crippen molar-refractivity contribution in [1.82, 2.24) is 0 Å². The van der Waals surface area contributed by atoms with Gasteiger partial charge in [0.15, 0.2) is 0 Å². The molecule has 0 radical (unpaired) electrons. The van der Waals surface area contributed by atoms with Gasteiger partial charge < -0.3 is 4.74 Å². The highest BCUT2D eigenvalue weighted by Crippen LogP contribution is 2.22. The van der Waals surface area contributed by atoms with Crippen molar-refractivity contribution in [3.8, 4) is 0 Å². The fraction of sp³-hybridized carbons (Fsp3) is 0.500. The van der Waals surface area contributed by atoms with Crippen LogP contribution in [0.25, 0.3) is 0 Å². The fourth-order valence-electron chi connectivity index (χ4n) is 1.07. The molecule has 0 aromatic rings. The number of carbonyl (C=O) groups is 1. The van der Waals surface area contributed by atoms with Gasteiger partial charge in [-0.15, -0.1) is 6.58 Å². The van der Waals surface area contributed by atoms with Crippen LogP contribution in [0.5, 0.6) is 0 Å². The second-order valence-corrected chi connectivity index (χ2v) is 2.87. The van der Waals surface area contributed by atoms with Crippen molar-refractivity contribution in [2.45, 2.75) is 12.8 Å². The van der Waals surface area contributed by atoms with E-state index in [4.69, 9.17) is 4.74 Å². The van der Waals surface area contributed by atoms with Crippen LogP contribution < -0.4 is 0 Å². The molecular formula is C10H14O2. The van der Waals surface area contributed by atoms with Crippen molar-refractivity contribution in [2.75, 3.05) is 13.2 Å². The molecule has 1 aliphatic carbocycles. The van der Waals surface area contributed by atoms with E-state index in [9.17, 15) is 4.79 Å². The number of Topliss-reactive ketones (excluding diaryl/α,β-unsaturated/α-hetero) is 1. The quantitative estimate of drug-likeness (QED) is 0.459. The summed E-state index contributed by atoms with van der Waals surface area (Å²) in [6.07, 6.45) is 7.32. The van der Waals surface area contributed by atoms with E-state index in [1.165, 1.54) is 0 Å². The Bertz CT molecular complexity index is 194. The molecule has 1 fully saturated rings. The van der Waals surface area contributed by atoms with Gasteiger partial charge >= 0.3 is 0 Å². The Kier molecular flexibility index (Phi) is 3.74. The fourth-order valence-corrected chi connectivity index (χ4v) is 1.07. The minimum absolute atomic E-state index is 0.178. The maximum absolute atomic E-state index is 10.8. The molecule has 1 rings (SSSR count). The third-order valence-electron chi connectivity index (χ3n) is 1.93. The van der Waals surface area contributed by atoms with E-state index >= 15 is 0 Å². The van der Waals surface area contributed by atoms with E-state index in [1.54, 1.807) is 6.08 Å². The van der Waals surface area contributed by atoms with E-state index in [2.05, 4.69) is 6.58 Å². The third-order valence-corrected chi connectivity index (χ3v) is 1.93. The lowest BCUT2D eigenvalue weighted by molar-refractivity contribution is -0.127. The topological polar surface area (TPSA) is 26.3 Å². The summed E-state index contributed by atoms with van der Waals surface area (Å²) in [5, 5.41) is 0. The molecule has 0 spiro atoms. The molecule has 0 aromatic heterocycles. The van der Waals surface area contributed by atoms with Gasteiger partial charge in [0, 0.05) is 12.3 Å². The van der Waals surface area contributed by atoms with Crippen molar-refractivity contribution in [3.63, 3.8) is 0 Å². The second-order valence-electron chi connectivity index (χ2n) is 2.87. The summed E-state index contributed by atoms with van der Waals surface area (Å²) >= 11 is 0. The molecule has 0 N–H and O–H groups in total. The van der Waals surface area contributed by atoms with Gasteiger partial charge in [-0.25, -0.2) is 0 Å². The van der Waals surface area contributed by atoms with Gasteiger partial charge in [0.2, 0.25) is 0 Å². The molecule has 1 aliphatic rings. The monoisotopic (exact) mass is 166 g/mol. The van der Waals surface area contributed by atoms with Crippen molar-refractivity contribution in [1.29, 1.82) is 0 Å². The molecule has 2 nitrogen and oxygen atoms in total.